The molecule has 0 bridgehead atoms. The van der Waals surface area contributed by atoms with Crippen molar-refractivity contribution in [3.8, 4) is 0 Å². The van der Waals surface area contributed by atoms with Gasteiger partial charge in [0.15, 0.2) is 0 Å². The summed E-state index contributed by atoms with van der Waals surface area (Å²) in [5.41, 5.74) is 2.83. The zero-order chi connectivity index (χ0) is 14.6. The van der Waals surface area contributed by atoms with Gasteiger partial charge in [0.1, 0.15) is 0 Å². The first-order valence-electron chi connectivity index (χ1n) is 6.69. The molecule has 2 aromatic rings. The van der Waals surface area contributed by atoms with Crippen LogP contribution in [0.2, 0.25) is 0 Å². The van der Waals surface area contributed by atoms with Crippen LogP contribution in [-0.4, -0.2) is 8.42 Å². The van der Waals surface area contributed by atoms with Crippen LogP contribution >= 0.6 is 0 Å². The number of hydrogen-bond donors (Lipinski definition) is 1. The molecule has 0 unspecified atom stereocenters. The van der Waals surface area contributed by atoms with Crippen LogP contribution in [0.1, 0.15) is 24.5 Å². The van der Waals surface area contributed by atoms with Gasteiger partial charge in [0, 0.05) is 5.69 Å². The Labute approximate surface area is 120 Å². The molecule has 1 N–H and O–H groups in total. The predicted octanol–water partition coefficient (Wildman–Crippen LogP) is 3.75. The van der Waals surface area contributed by atoms with Crippen LogP contribution < -0.4 is 4.72 Å². The van der Waals surface area contributed by atoms with Crippen LogP contribution in [0.3, 0.4) is 0 Å². The molecule has 0 fully saturated rings. The highest BCUT2D eigenvalue weighted by molar-refractivity contribution is 7.92. The summed E-state index contributed by atoms with van der Waals surface area (Å²) in [4.78, 5) is 0.290. The highest BCUT2D eigenvalue weighted by Crippen LogP contribution is 2.17. The third-order valence-electron chi connectivity index (χ3n) is 3.08. The molecule has 0 heterocycles. The van der Waals surface area contributed by atoms with Crippen LogP contribution in [-0.2, 0) is 16.4 Å². The highest BCUT2D eigenvalue weighted by atomic mass is 32.2. The molecule has 106 valence electrons. The smallest absolute Gasteiger partial charge is 0.261 e. The van der Waals surface area contributed by atoms with Gasteiger partial charge in [-0.05, 0) is 43.2 Å². The fourth-order valence-corrected chi connectivity index (χ4v) is 3.02. The Morgan fingerprint density at radius 2 is 1.55 bits per heavy atom. The summed E-state index contributed by atoms with van der Waals surface area (Å²) in [6.45, 7) is 4.06. The van der Waals surface area contributed by atoms with Gasteiger partial charge in [-0.2, -0.15) is 0 Å². The van der Waals surface area contributed by atoms with E-state index in [9.17, 15) is 8.42 Å². The summed E-state index contributed by atoms with van der Waals surface area (Å²) in [5.74, 6) is 0. The molecular weight excluding hydrogens is 270 g/mol. The Hall–Kier alpha value is -1.81. The van der Waals surface area contributed by atoms with Gasteiger partial charge in [-0.25, -0.2) is 8.42 Å². The van der Waals surface area contributed by atoms with Gasteiger partial charge in [-0.3, -0.25) is 4.72 Å². The molecular formula is C16H19NO2S. The van der Waals surface area contributed by atoms with Crippen molar-refractivity contribution in [2.75, 3.05) is 4.72 Å². The van der Waals surface area contributed by atoms with Crippen molar-refractivity contribution < 1.29 is 8.42 Å². The Balaban J connectivity index is 2.19. The first kappa shape index (κ1) is 14.6. The zero-order valence-electron chi connectivity index (χ0n) is 11.8. The molecule has 0 amide bonds. The summed E-state index contributed by atoms with van der Waals surface area (Å²) < 4.78 is 27.1. The zero-order valence-corrected chi connectivity index (χ0v) is 12.6. The molecule has 0 aromatic heterocycles. The number of benzene rings is 2. The number of hydrogen-bond acceptors (Lipinski definition) is 2. The minimum absolute atomic E-state index is 0.290. The quantitative estimate of drug-likeness (QED) is 0.911. The van der Waals surface area contributed by atoms with E-state index in [0.29, 0.717) is 5.69 Å². The van der Waals surface area contributed by atoms with Gasteiger partial charge >= 0.3 is 0 Å². The van der Waals surface area contributed by atoms with Crippen molar-refractivity contribution >= 4 is 15.7 Å². The van der Waals surface area contributed by atoms with Crippen molar-refractivity contribution in [1.29, 1.82) is 0 Å². The summed E-state index contributed by atoms with van der Waals surface area (Å²) in [5, 5.41) is 0. The molecule has 0 aliphatic rings. The maximum Gasteiger partial charge on any atom is 0.261 e. The van der Waals surface area contributed by atoms with Crippen LogP contribution in [0.5, 0.6) is 0 Å². The fourth-order valence-electron chi connectivity index (χ4n) is 1.96. The van der Waals surface area contributed by atoms with Crippen LogP contribution in [0.15, 0.2) is 53.4 Å². The average molecular weight is 289 g/mol. The average Bonchev–Trinajstić information content (AvgIpc) is 2.42. The number of aryl methyl sites for hydroxylation is 2. The van der Waals surface area contributed by atoms with E-state index in [2.05, 4.69) is 11.6 Å². The topological polar surface area (TPSA) is 46.2 Å². The van der Waals surface area contributed by atoms with E-state index in [1.165, 1.54) is 0 Å². The highest BCUT2D eigenvalue weighted by Gasteiger charge is 2.13. The minimum atomic E-state index is -3.51. The van der Waals surface area contributed by atoms with Crippen molar-refractivity contribution in [2.24, 2.45) is 0 Å². The normalized spacial score (nSPS) is 11.3. The van der Waals surface area contributed by atoms with Crippen molar-refractivity contribution in [3.05, 3.63) is 59.7 Å². The van der Waals surface area contributed by atoms with E-state index in [1.807, 2.05) is 31.2 Å². The summed E-state index contributed by atoms with van der Waals surface area (Å²) in [6.07, 6.45) is 2.01. The van der Waals surface area contributed by atoms with Gasteiger partial charge < -0.3 is 0 Å². The van der Waals surface area contributed by atoms with Crippen LogP contribution in [0.4, 0.5) is 5.69 Å². The largest absolute Gasteiger partial charge is 0.280 e. The third kappa shape index (κ3) is 3.61. The Bertz CT molecular complexity index is 659. The number of rotatable bonds is 5. The monoisotopic (exact) mass is 289 g/mol. The molecule has 0 spiro atoms. The first-order chi connectivity index (χ1) is 9.51. The molecule has 0 saturated heterocycles. The van der Waals surface area contributed by atoms with E-state index in [4.69, 9.17) is 0 Å². The van der Waals surface area contributed by atoms with E-state index in [0.717, 1.165) is 24.0 Å². The van der Waals surface area contributed by atoms with Gasteiger partial charge in [0.2, 0.25) is 0 Å². The standard InChI is InChI=1S/C16H19NO2S/c1-3-4-14-7-11-16(12-8-14)20(18,19)17-15-9-5-13(2)6-10-15/h5-12,17H,3-4H2,1-2H3. The number of sulfonamides is 1. The second-order valence-electron chi connectivity index (χ2n) is 4.87. The first-order valence-corrected chi connectivity index (χ1v) is 8.18. The molecule has 0 radical (unpaired) electrons. The van der Waals surface area contributed by atoms with E-state index in [1.54, 1.807) is 24.3 Å². The van der Waals surface area contributed by atoms with Gasteiger partial charge in [-0.15, -0.1) is 0 Å². The van der Waals surface area contributed by atoms with Crippen LogP contribution in [0.25, 0.3) is 0 Å². The molecule has 0 atom stereocenters. The fraction of sp³-hybridized carbons (Fsp3) is 0.250. The Morgan fingerprint density at radius 3 is 2.10 bits per heavy atom. The molecule has 3 nitrogen and oxygen atoms in total. The molecule has 20 heavy (non-hydrogen) atoms. The number of nitrogens with one attached hydrogen (secondary N) is 1. The third-order valence-corrected chi connectivity index (χ3v) is 4.47. The molecule has 2 aromatic carbocycles. The summed E-state index contributed by atoms with van der Waals surface area (Å²) in [7, 11) is -3.51. The van der Waals surface area contributed by atoms with Crippen LogP contribution in [0, 0.1) is 6.92 Å². The van der Waals surface area contributed by atoms with E-state index >= 15 is 0 Å². The maximum absolute atomic E-state index is 12.2. The maximum atomic E-state index is 12.2. The lowest BCUT2D eigenvalue weighted by Gasteiger charge is -2.09. The van der Waals surface area contributed by atoms with Crippen molar-refractivity contribution in [3.63, 3.8) is 0 Å². The van der Waals surface area contributed by atoms with E-state index < -0.39 is 10.0 Å². The van der Waals surface area contributed by atoms with E-state index in [-0.39, 0.29) is 4.90 Å². The van der Waals surface area contributed by atoms with Gasteiger partial charge in [0.25, 0.3) is 10.0 Å². The lowest BCUT2D eigenvalue weighted by Crippen LogP contribution is -2.12. The lowest BCUT2D eigenvalue weighted by molar-refractivity contribution is 0.601. The molecule has 2 rings (SSSR count). The molecule has 0 aliphatic carbocycles. The SMILES string of the molecule is CCCc1ccc(S(=O)(=O)Nc2ccc(C)cc2)cc1. The second-order valence-corrected chi connectivity index (χ2v) is 6.55. The Morgan fingerprint density at radius 1 is 0.950 bits per heavy atom. The minimum Gasteiger partial charge on any atom is -0.280 e. The van der Waals surface area contributed by atoms with Crippen molar-refractivity contribution in [2.45, 2.75) is 31.6 Å². The predicted molar refractivity (Wildman–Crippen MR) is 82.4 cm³/mol. The molecule has 4 heteroatoms. The molecule has 0 aliphatic heterocycles. The summed E-state index contributed by atoms with van der Waals surface area (Å²) in [6, 6.07) is 14.3. The molecule has 0 saturated carbocycles. The summed E-state index contributed by atoms with van der Waals surface area (Å²) >= 11 is 0. The van der Waals surface area contributed by atoms with Crippen molar-refractivity contribution in [1.82, 2.24) is 0 Å². The Kier molecular flexibility index (Phi) is 4.45. The second kappa shape index (κ2) is 6.09. The number of anilines is 1. The lowest BCUT2D eigenvalue weighted by atomic mass is 10.1. The van der Waals surface area contributed by atoms with Gasteiger partial charge in [0.05, 0.1) is 4.90 Å². The van der Waals surface area contributed by atoms with Gasteiger partial charge in [-0.1, -0.05) is 43.2 Å².